The second kappa shape index (κ2) is 7.26. The maximum atomic E-state index is 11.9. The molecule has 22 heavy (non-hydrogen) atoms. The van der Waals surface area contributed by atoms with Gasteiger partial charge in [-0.1, -0.05) is 24.3 Å². The van der Waals surface area contributed by atoms with Crippen LogP contribution >= 0.6 is 0 Å². The number of hydrogen-bond donors (Lipinski definition) is 1. The first-order valence-corrected chi connectivity index (χ1v) is 6.77. The standard InChI is InChI=1S/C17H17NO4/c1-12-8-9-13(17(20)21-2)10-15(12)18-16(19)11-22-14-6-4-3-5-7-14/h3-10H,11H2,1-2H3,(H,18,19). The van der Waals surface area contributed by atoms with Gasteiger partial charge in [-0.2, -0.15) is 0 Å². The van der Waals surface area contributed by atoms with Gasteiger partial charge in [0.05, 0.1) is 12.7 Å². The minimum atomic E-state index is -0.448. The molecule has 0 fully saturated rings. The molecule has 1 amide bonds. The molecule has 0 aliphatic rings. The predicted molar refractivity (Wildman–Crippen MR) is 83.1 cm³/mol. The number of methoxy groups -OCH3 is 1. The van der Waals surface area contributed by atoms with E-state index in [1.54, 1.807) is 30.3 Å². The number of benzene rings is 2. The normalized spacial score (nSPS) is 9.91. The lowest BCUT2D eigenvalue weighted by Crippen LogP contribution is -2.21. The van der Waals surface area contributed by atoms with E-state index in [4.69, 9.17) is 4.74 Å². The van der Waals surface area contributed by atoms with Crippen molar-refractivity contribution in [3.63, 3.8) is 0 Å². The van der Waals surface area contributed by atoms with Crippen molar-refractivity contribution in [3.05, 3.63) is 59.7 Å². The summed E-state index contributed by atoms with van der Waals surface area (Å²) in [4.78, 5) is 23.5. The van der Waals surface area contributed by atoms with Crippen molar-refractivity contribution in [1.82, 2.24) is 0 Å². The van der Waals surface area contributed by atoms with Gasteiger partial charge in [0.25, 0.3) is 5.91 Å². The number of carbonyl (C=O) groups excluding carboxylic acids is 2. The van der Waals surface area contributed by atoms with Crippen LogP contribution in [0.5, 0.6) is 5.75 Å². The largest absolute Gasteiger partial charge is 0.484 e. The molecule has 0 radical (unpaired) electrons. The van der Waals surface area contributed by atoms with Gasteiger partial charge in [0, 0.05) is 5.69 Å². The quantitative estimate of drug-likeness (QED) is 0.862. The molecular formula is C17H17NO4. The van der Waals surface area contributed by atoms with E-state index in [1.165, 1.54) is 7.11 Å². The van der Waals surface area contributed by atoms with Gasteiger partial charge in [0.15, 0.2) is 6.61 Å². The number of aryl methyl sites for hydroxylation is 1. The van der Waals surface area contributed by atoms with Crippen molar-refractivity contribution in [2.75, 3.05) is 19.0 Å². The number of hydrogen-bond acceptors (Lipinski definition) is 4. The molecule has 0 atom stereocenters. The van der Waals surface area contributed by atoms with Crippen LogP contribution in [0, 0.1) is 6.92 Å². The van der Waals surface area contributed by atoms with E-state index < -0.39 is 5.97 Å². The van der Waals surface area contributed by atoms with E-state index in [-0.39, 0.29) is 12.5 Å². The molecular weight excluding hydrogens is 282 g/mol. The molecule has 114 valence electrons. The Balaban J connectivity index is 2.00. The third-order valence-corrected chi connectivity index (χ3v) is 3.05. The zero-order valence-electron chi connectivity index (χ0n) is 12.5. The fourth-order valence-electron chi connectivity index (χ4n) is 1.85. The summed E-state index contributed by atoms with van der Waals surface area (Å²) in [6.07, 6.45) is 0. The number of para-hydroxylation sites is 1. The first-order chi connectivity index (χ1) is 10.6. The van der Waals surface area contributed by atoms with Crippen LogP contribution in [0.3, 0.4) is 0 Å². The summed E-state index contributed by atoms with van der Waals surface area (Å²) >= 11 is 0. The molecule has 2 rings (SSSR count). The summed E-state index contributed by atoms with van der Waals surface area (Å²) in [5, 5.41) is 2.73. The molecule has 2 aromatic carbocycles. The van der Waals surface area contributed by atoms with Crippen LogP contribution < -0.4 is 10.1 Å². The lowest BCUT2D eigenvalue weighted by Gasteiger charge is -2.11. The number of esters is 1. The highest BCUT2D eigenvalue weighted by Crippen LogP contribution is 2.17. The Morgan fingerprint density at radius 1 is 1.09 bits per heavy atom. The van der Waals surface area contributed by atoms with Crippen molar-refractivity contribution >= 4 is 17.6 Å². The van der Waals surface area contributed by atoms with Crippen molar-refractivity contribution in [1.29, 1.82) is 0 Å². The highest BCUT2D eigenvalue weighted by molar-refractivity contribution is 5.95. The molecule has 0 aliphatic heterocycles. The smallest absolute Gasteiger partial charge is 0.337 e. The van der Waals surface area contributed by atoms with Crippen LogP contribution in [0.1, 0.15) is 15.9 Å². The average Bonchev–Trinajstić information content (AvgIpc) is 2.55. The fraction of sp³-hybridized carbons (Fsp3) is 0.176. The Kier molecular flexibility index (Phi) is 5.14. The lowest BCUT2D eigenvalue weighted by atomic mass is 10.1. The topological polar surface area (TPSA) is 64.6 Å². The van der Waals surface area contributed by atoms with Crippen molar-refractivity contribution < 1.29 is 19.1 Å². The SMILES string of the molecule is COC(=O)c1ccc(C)c(NC(=O)COc2ccccc2)c1. The molecule has 5 nitrogen and oxygen atoms in total. The van der Waals surface area contributed by atoms with Crippen LogP contribution in [0.25, 0.3) is 0 Å². The molecule has 1 N–H and O–H groups in total. The summed E-state index contributed by atoms with van der Waals surface area (Å²) < 4.78 is 10.0. The highest BCUT2D eigenvalue weighted by Gasteiger charge is 2.10. The summed E-state index contributed by atoms with van der Waals surface area (Å²) in [6.45, 7) is 1.74. The second-order valence-corrected chi connectivity index (χ2v) is 4.67. The molecule has 0 aliphatic carbocycles. The molecule has 0 bridgehead atoms. The fourth-order valence-corrected chi connectivity index (χ4v) is 1.85. The average molecular weight is 299 g/mol. The number of carbonyl (C=O) groups is 2. The molecule has 0 aromatic heterocycles. The van der Waals surface area contributed by atoms with Gasteiger partial charge in [-0.25, -0.2) is 4.79 Å². The molecule has 5 heteroatoms. The summed E-state index contributed by atoms with van der Waals surface area (Å²) in [6, 6.07) is 14.1. The van der Waals surface area contributed by atoms with E-state index in [2.05, 4.69) is 10.1 Å². The van der Waals surface area contributed by atoms with Crippen molar-refractivity contribution in [3.8, 4) is 5.75 Å². The Morgan fingerprint density at radius 3 is 2.50 bits per heavy atom. The number of ether oxygens (including phenoxy) is 2. The molecule has 0 saturated carbocycles. The van der Waals surface area contributed by atoms with Crippen LogP contribution in [-0.2, 0) is 9.53 Å². The Bertz CT molecular complexity index is 668. The van der Waals surface area contributed by atoms with Gasteiger partial charge in [-0.15, -0.1) is 0 Å². The molecule has 0 spiro atoms. The first kappa shape index (κ1) is 15.6. The first-order valence-electron chi connectivity index (χ1n) is 6.77. The van der Waals surface area contributed by atoms with Crippen molar-refractivity contribution in [2.24, 2.45) is 0 Å². The molecule has 0 saturated heterocycles. The Morgan fingerprint density at radius 2 is 1.82 bits per heavy atom. The van der Waals surface area contributed by atoms with E-state index in [9.17, 15) is 9.59 Å². The van der Waals surface area contributed by atoms with E-state index in [1.807, 2.05) is 25.1 Å². The van der Waals surface area contributed by atoms with Gasteiger partial charge in [-0.05, 0) is 36.8 Å². The van der Waals surface area contributed by atoms with Crippen molar-refractivity contribution in [2.45, 2.75) is 6.92 Å². The van der Waals surface area contributed by atoms with Gasteiger partial charge < -0.3 is 14.8 Å². The second-order valence-electron chi connectivity index (χ2n) is 4.67. The summed E-state index contributed by atoms with van der Waals surface area (Å²) in [5.74, 6) is -0.123. The zero-order valence-corrected chi connectivity index (χ0v) is 12.5. The monoisotopic (exact) mass is 299 g/mol. The molecule has 2 aromatic rings. The highest BCUT2D eigenvalue weighted by atomic mass is 16.5. The number of anilines is 1. The third kappa shape index (κ3) is 4.09. The van der Waals surface area contributed by atoms with Crippen LogP contribution in [-0.4, -0.2) is 25.6 Å². The lowest BCUT2D eigenvalue weighted by molar-refractivity contribution is -0.118. The predicted octanol–water partition coefficient (Wildman–Crippen LogP) is 2.80. The van der Waals surface area contributed by atoms with Crippen LogP contribution in [0.15, 0.2) is 48.5 Å². The minimum absolute atomic E-state index is 0.105. The maximum Gasteiger partial charge on any atom is 0.337 e. The number of nitrogens with one attached hydrogen (secondary N) is 1. The molecule has 0 unspecified atom stereocenters. The van der Waals surface area contributed by atoms with Gasteiger partial charge >= 0.3 is 5.97 Å². The van der Waals surface area contributed by atoms with E-state index in [0.717, 1.165) is 5.56 Å². The summed E-state index contributed by atoms with van der Waals surface area (Å²) in [5.41, 5.74) is 1.79. The Hall–Kier alpha value is -2.82. The Labute approximate surface area is 128 Å². The van der Waals surface area contributed by atoms with E-state index in [0.29, 0.717) is 17.0 Å². The maximum absolute atomic E-state index is 11.9. The molecule has 0 heterocycles. The number of amides is 1. The van der Waals surface area contributed by atoms with Gasteiger partial charge in [0.1, 0.15) is 5.75 Å². The van der Waals surface area contributed by atoms with Gasteiger partial charge in [0.2, 0.25) is 0 Å². The van der Waals surface area contributed by atoms with E-state index >= 15 is 0 Å². The van der Waals surface area contributed by atoms with Gasteiger partial charge in [-0.3, -0.25) is 4.79 Å². The number of rotatable bonds is 5. The third-order valence-electron chi connectivity index (χ3n) is 3.05. The van der Waals surface area contributed by atoms with Crippen LogP contribution in [0.2, 0.25) is 0 Å². The summed E-state index contributed by atoms with van der Waals surface area (Å²) in [7, 11) is 1.31. The van der Waals surface area contributed by atoms with Crippen LogP contribution in [0.4, 0.5) is 5.69 Å². The minimum Gasteiger partial charge on any atom is -0.484 e. The zero-order chi connectivity index (χ0) is 15.9.